The number of methoxy groups -OCH3 is 1. The van der Waals surface area contributed by atoms with Gasteiger partial charge in [0.1, 0.15) is 5.82 Å². The van der Waals surface area contributed by atoms with E-state index in [4.69, 9.17) is 4.74 Å². The van der Waals surface area contributed by atoms with Crippen LogP contribution in [0.1, 0.15) is 0 Å². The smallest absolute Gasteiger partial charge is 0.241 e. The van der Waals surface area contributed by atoms with Gasteiger partial charge in [-0.15, -0.1) is 0 Å². The molecular formula is C11H14BrFN2O3S. The van der Waals surface area contributed by atoms with Crippen LogP contribution in [0.5, 0.6) is 0 Å². The monoisotopic (exact) mass is 352 g/mol. The molecule has 1 aliphatic heterocycles. The number of benzene rings is 1. The fraction of sp³-hybridized carbons (Fsp3) is 0.455. The Labute approximate surface area is 119 Å². The van der Waals surface area contributed by atoms with E-state index in [1.807, 2.05) is 0 Å². The molecule has 2 N–H and O–H groups in total. The molecule has 0 radical (unpaired) electrons. The van der Waals surface area contributed by atoms with E-state index in [9.17, 15) is 12.8 Å². The summed E-state index contributed by atoms with van der Waals surface area (Å²) in [6.07, 6.45) is -0.227. The molecule has 0 aromatic heterocycles. The maximum absolute atomic E-state index is 13.4. The van der Waals surface area contributed by atoms with Gasteiger partial charge in [-0.3, -0.25) is 0 Å². The summed E-state index contributed by atoms with van der Waals surface area (Å²) in [6, 6.07) is 3.34. The number of halogens is 2. The van der Waals surface area contributed by atoms with Crippen molar-refractivity contribution in [2.24, 2.45) is 0 Å². The number of rotatable bonds is 4. The number of hydrogen-bond acceptors (Lipinski definition) is 4. The molecule has 1 aliphatic rings. The Morgan fingerprint density at radius 3 is 2.84 bits per heavy atom. The van der Waals surface area contributed by atoms with Crippen molar-refractivity contribution in [2.45, 2.75) is 17.0 Å². The van der Waals surface area contributed by atoms with Crippen molar-refractivity contribution < 1.29 is 17.5 Å². The van der Waals surface area contributed by atoms with Gasteiger partial charge >= 0.3 is 0 Å². The van der Waals surface area contributed by atoms with Gasteiger partial charge in [0, 0.05) is 20.2 Å². The summed E-state index contributed by atoms with van der Waals surface area (Å²) in [5.41, 5.74) is 0. The highest BCUT2D eigenvalue weighted by Gasteiger charge is 2.31. The van der Waals surface area contributed by atoms with Gasteiger partial charge in [0.15, 0.2) is 0 Å². The average molecular weight is 353 g/mol. The Morgan fingerprint density at radius 2 is 2.21 bits per heavy atom. The number of ether oxygens (including phenoxy) is 1. The van der Waals surface area contributed by atoms with E-state index in [2.05, 4.69) is 26.0 Å². The fourth-order valence-corrected chi connectivity index (χ4v) is 3.45. The lowest BCUT2D eigenvalue weighted by Crippen LogP contribution is -2.43. The second-order valence-electron chi connectivity index (χ2n) is 4.24. The van der Waals surface area contributed by atoms with Crippen molar-refractivity contribution in [1.82, 2.24) is 10.0 Å². The molecule has 1 aromatic rings. The Hall–Kier alpha value is -0.540. The highest BCUT2D eigenvalue weighted by molar-refractivity contribution is 9.10. The van der Waals surface area contributed by atoms with Crippen LogP contribution in [0.2, 0.25) is 0 Å². The predicted octanol–water partition coefficient (Wildman–Crippen LogP) is 0.853. The molecule has 1 unspecified atom stereocenters. The highest BCUT2D eigenvalue weighted by Crippen LogP contribution is 2.20. The Balaban J connectivity index is 2.20. The maximum Gasteiger partial charge on any atom is 0.241 e. The van der Waals surface area contributed by atoms with E-state index in [1.165, 1.54) is 19.2 Å². The van der Waals surface area contributed by atoms with Gasteiger partial charge in [-0.2, -0.15) is 0 Å². The minimum Gasteiger partial charge on any atom is -0.378 e. The molecule has 1 saturated heterocycles. The molecule has 0 spiro atoms. The second kappa shape index (κ2) is 5.84. The first-order valence-electron chi connectivity index (χ1n) is 5.65. The van der Waals surface area contributed by atoms with E-state index in [0.717, 1.165) is 6.07 Å². The first-order chi connectivity index (χ1) is 8.94. The Morgan fingerprint density at radius 1 is 1.47 bits per heavy atom. The van der Waals surface area contributed by atoms with Crippen molar-refractivity contribution in [3.8, 4) is 0 Å². The number of sulfonamides is 1. The lowest BCUT2D eigenvalue weighted by Gasteiger charge is -2.18. The van der Waals surface area contributed by atoms with E-state index in [-0.39, 0.29) is 21.5 Å². The maximum atomic E-state index is 13.4. The van der Waals surface area contributed by atoms with Crippen LogP contribution in [0.25, 0.3) is 0 Å². The first-order valence-corrected chi connectivity index (χ1v) is 7.92. The molecular weight excluding hydrogens is 339 g/mol. The third kappa shape index (κ3) is 3.32. The molecule has 1 heterocycles. The summed E-state index contributed by atoms with van der Waals surface area (Å²) in [6.45, 7) is 1.06. The van der Waals surface area contributed by atoms with Gasteiger partial charge in [-0.25, -0.2) is 17.5 Å². The normalized spacial score (nSPS) is 23.7. The van der Waals surface area contributed by atoms with Crippen LogP contribution in [0.4, 0.5) is 4.39 Å². The zero-order valence-corrected chi connectivity index (χ0v) is 12.6. The molecule has 19 heavy (non-hydrogen) atoms. The van der Waals surface area contributed by atoms with Crippen molar-refractivity contribution in [3.05, 3.63) is 28.5 Å². The SMILES string of the molecule is CO[C@H]1CNCC1NS(=O)(=O)c1ccc(Br)c(F)c1. The predicted molar refractivity (Wildman–Crippen MR) is 71.9 cm³/mol. The Kier molecular flexibility index (Phi) is 4.57. The molecule has 8 heteroatoms. The summed E-state index contributed by atoms with van der Waals surface area (Å²) < 4.78 is 45.6. The standard InChI is InChI=1S/C11H14BrFN2O3S/c1-18-11-6-14-5-10(11)15-19(16,17)7-2-3-8(12)9(13)4-7/h2-4,10-11,14-15H,5-6H2,1H3/t10?,11-/m0/s1. The van der Waals surface area contributed by atoms with Gasteiger partial charge in [0.25, 0.3) is 0 Å². The van der Waals surface area contributed by atoms with Crippen molar-refractivity contribution in [1.29, 1.82) is 0 Å². The third-order valence-corrected chi connectivity index (χ3v) is 5.10. The van der Waals surface area contributed by atoms with Gasteiger partial charge < -0.3 is 10.1 Å². The molecule has 1 aromatic carbocycles. The van der Waals surface area contributed by atoms with Crippen LogP contribution < -0.4 is 10.0 Å². The van der Waals surface area contributed by atoms with Crippen molar-refractivity contribution >= 4 is 26.0 Å². The second-order valence-corrected chi connectivity index (χ2v) is 6.80. The summed E-state index contributed by atoms with van der Waals surface area (Å²) >= 11 is 2.98. The molecule has 0 amide bonds. The highest BCUT2D eigenvalue weighted by atomic mass is 79.9. The van der Waals surface area contributed by atoms with Crippen LogP contribution >= 0.6 is 15.9 Å². The zero-order valence-electron chi connectivity index (χ0n) is 10.2. The molecule has 0 aliphatic carbocycles. The van der Waals surface area contributed by atoms with Crippen LogP contribution in [0.15, 0.2) is 27.6 Å². The van der Waals surface area contributed by atoms with E-state index < -0.39 is 15.8 Å². The minimum absolute atomic E-state index is 0.102. The molecule has 2 atom stereocenters. The lowest BCUT2D eigenvalue weighted by atomic mass is 10.2. The largest absolute Gasteiger partial charge is 0.378 e. The van der Waals surface area contributed by atoms with E-state index in [0.29, 0.717) is 13.1 Å². The quantitative estimate of drug-likeness (QED) is 0.843. The zero-order chi connectivity index (χ0) is 14.0. The topological polar surface area (TPSA) is 67.4 Å². The Bertz CT molecular complexity index is 567. The van der Waals surface area contributed by atoms with E-state index in [1.54, 1.807) is 0 Å². The van der Waals surface area contributed by atoms with Crippen molar-refractivity contribution in [3.63, 3.8) is 0 Å². The van der Waals surface area contributed by atoms with Gasteiger partial charge in [-0.1, -0.05) is 0 Å². The number of nitrogens with one attached hydrogen (secondary N) is 2. The summed E-state index contributed by atoms with van der Waals surface area (Å²) in [5.74, 6) is -0.615. The number of hydrogen-bond donors (Lipinski definition) is 2. The van der Waals surface area contributed by atoms with E-state index >= 15 is 0 Å². The minimum atomic E-state index is -3.76. The van der Waals surface area contributed by atoms with Crippen LogP contribution in [-0.4, -0.2) is 40.8 Å². The molecule has 0 saturated carbocycles. The molecule has 106 valence electrons. The first kappa shape index (κ1) is 14.9. The van der Waals surface area contributed by atoms with Crippen LogP contribution in [-0.2, 0) is 14.8 Å². The van der Waals surface area contributed by atoms with Crippen LogP contribution in [0.3, 0.4) is 0 Å². The van der Waals surface area contributed by atoms with Gasteiger partial charge in [-0.05, 0) is 34.1 Å². The van der Waals surface area contributed by atoms with Crippen molar-refractivity contribution in [2.75, 3.05) is 20.2 Å². The molecule has 2 rings (SSSR count). The van der Waals surface area contributed by atoms with Crippen LogP contribution in [0, 0.1) is 5.82 Å². The summed E-state index contributed by atoms with van der Waals surface area (Å²) in [7, 11) is -2.23. The molecule has 0 bridgehead atoms. The molecule has 1 fully saturated rings. The fourth-order valence-electron chi connectivity index (χ4n) is 1.93. The lowest BCUT2D eigenvalue weighted by molar-refractivity contribution is 0.103. The third-order valence-electron chi connectivity index (χ3n) is 2.97. The summed E-state index contributed by atoms with van der Waals surface area (Å²) in [5, 5.41) is 3.03. The van der Waals surface area contributed by atoms with Gasteiger partial charge in [0.2, 0.25) is 10.0 Å². The summed E-state index contributed by atoms with van der Waals surface area (Å²) in [4.78, 5) is -0.102. The van der Waals surface area contributed by atoms with Gasteiger partial charge in [0.05, 0.1) is 21.5 Å². The average Bonchev–Trinajstić information content (AvgIpc) is 2.79. The molecule has 5 nitrogen and oxygen atoms in total.